The molecule has 1 aliphatic rings. The van der Waals surface area contributed by atoms with Gasteiger partial charge in [-0.1, -0.05) is 23.9 Å². The Morgan fingerprint density at radius 1 is 1.13 bits per heavy atom. The summed E-state index contributed by atoms with van der Waals surface area (Å²) < 4.78 is 13.9. The maximum absolute atomic E-state index is 13.9. The number of nitrogens with zero attached hydrogens (tertiary/aromatic N) is 3. The monoisotopic (exact) mass is 425 g/mol. The molecule has 0 bridgehead atoms. The topological polar surface area (TPSA) is 73.9 Å². The van der Waals surface area contributed by atoms with Gasteiger partial charge in [0.2, 0.25) is 11.1 Å². The summed E-state index contributed by atoms with van der Waals surface area (Å²) in [6, 6.07) is 14.3. The van der Waals surface area contributed by atoms with Crippen molar-refractivity contribution >= 4 is 29.0 Å². The fourth-order valence-electron chi connectivity index (χ4n) is 3.44. The number of carbonyl (C=O) groups is 1. The van der Waals surface area contributed by atoms with Crippen molar-refractivity contribution in [2.45, 2.75) is 36.6 Å². The lowest BCUT2D eigenvalue weighted by Gasteiger charge is -2.28. The van der Waals surface area contributed by atoms with Gasteiger partial charge in [-0.3, -0.25) is 9.89 Å². The van der Waals surface area contributed by atoms with Crippen LogP contribution < -0.4 is 10.2 Å². The minimum Gasteiger partial charge on any atom is -0.372 e. The Labute approximate surface area is 179 Å². The third kappa shape index (κ3) is 4.81. The Morgan fingerprint density at radius 3 is 2.60 bits per heavy atom. The van der Waals surface area contributed by atoms with Gasteiger partial charge >= 0.3 is 0 Å². The molecule has 1 atom stereocenters. The number of piperidine rings is 1. The molecule has 1 aromatic heterocycles. The van der Waals surface area contributed by atoms with Gasteiger partial charge in [-0.05, 0) is 62.6 Å². The Hall–Kier alpha value is -2.87. The van der Waals surface area contributed by atoms with Crippen LogP contribution >= 0.6 is 11.8 Å². The van der Waals surface area contributed by atoms with Crippen molar-refractivity contribution in [1.82, 2.24) is 15.2 Å². The van der Waals surface area contributed by atoms with Gasteiger partial charge in [-0.25, -0.2) is 9.37 Å². The van der Waals surface area contributed by atoms with Crippen molar-refractivity contribution in [2.75, 3.05) is 23.3 Å². The van der Waals surface area contributed by atoms with Gasteiger partial charge in [0.05, 0.1) is 10.8 Å². The van der Waals surface area contributed by atoms with Crippen LogP contribution in [0.4, 0.5) is 15.8 Å². The van der Waals surface area contributed by atoms with E-state index in [1.807, 2.05) is 12.1 Å². The molecule has 8 heteroatoms. The minimum atomic E-state index is -0.406. The predicted octanol–water partition coefficient (Wildman–Crippen LogP) is 4.72. The van der Waals surface area contributed by atoms with Crippen LogP contribution in [0.2, 0.25) is 0 Å². The molecule has 1 unspecified atom stereocenters. The van der Waals surface area contributed by atoms with Gasteiger partial charge in [-0.15, -0.1) is 5.10 Å². The molecule has 0 aliphatic carbocycles. The zero-order valence-corrected chi connectivity index (χ0v) is 17.6. The molecule has 30 heavy (non-hydrogen) atoms. The van der Waals surface area contributed by atoms with E-state index >= 15 is 0 Å². The van der Waals surface area contributed by atoms with Gasteiger partial charge in [-0.2, -0.15) is 0 Å². The second-order valence-electron chi connectivity index (χ2n) is 7.29. The fourth-order valence-corrected chi connectivity index (χ4v) is 4.16. The molecule has 1 amide bonds. The number of anilines is 2. The van der Waals surface area contributed by atoms with E-state index in [4.69, 9.17) is 0 Å². The third-order valence-electron chi connectivity index (χ3n) is 5.10. The summed E-state index contributed by atoms with van der Waals surface area (Å²) >= 11 is 1.22. The molecule has 0 radical (unpaired) electrons. The molecule has 6 nitrogen and oxygen atoms in total. The molecule has 4 rings (SSSR count). The molecular formula is C22H24FN5OS. The van der Waals surface area contributed by atoms with Gasteiger partial charge in [0.15, 0.2) is 5.82 Å². The van der Waals surface area contributed by atoms with E-state index in [2.05, 4.69) is 37.5 Å². The number of aromatic amines is 1. The number of hydrogen-bond donors (Lipinski definition) is 2. The fraction of sp³-hybridized carbons (Fsp3) is 0.318. The Kier molecular flexibility index (Phi) is 6.32. The third-order valence-corrected chi connectivity index (χ3v) is 6.06. The highest BCUT2D eigenvalue weighted by atomic mass is 32.2. The first-order chi connectivity index (χ1) is 14.6. The average molecular weight is 426 g/mol. The largest absolute Gasteiger partial charge is 0.372 e. The van der Waals surface area contributed by atoms with Gasteiger partial charge in [0.1, 0.15) is 5.82 Å². The molecule has 1 fully saturated rings. The number of carbonyl (C=O) groups excluding carboxylic acids is 1. The number of nitrogens with one attached hydrogen (secondary N) is 2. The molecule has 1 saturated heterocycles. The summed E-state index contributed by atoms with van der Waals surface area (Å²) in [7, 11) is 0. The first-order valence-corrected chi connectivity index (χ1v) is 11.0. The number of thioether (sulfide) groups is 1. The summed E-state index contributed by atoms with van der Waals surface area (Å²) in [6.45, 7) is 3.97. The summed E-state index contributed by atoms with van der Waals surface area (Å²) in [6.07, 6.45) is 3.76. The number of aromatic nitrogens is 3. The number of benzene rings is 2. The van der Waals surface area contributed by atoms with E-state index in [1.54, 1.807) is 25.1 Å². The Morgan fingerprint density at radius 2 is 1.87 bits per heavy atom. The molecular weight excluding hydrogens is 401 g/mol. The predicted molar refractivity (Wildman–Crippen MR) is 118 cm³/mol. The number of halogens is 1. The lowest BCUT2D eigenvalue weighted by molar-refractivity contribution is -0.115. The second kappa shape index (κ2) is 9.30. The zero-order chi connectivity index (χ0) is 20.9. The van der Waals surface area contributed by atoms with Crippen LogP contribution in [-0.2, 0) is 4.79 Å². The van der Waals surface area contributed by atoms with E-state index in [1.165, 1.54) is 42.8 Å². The van der Waals surface area contributed by atoms with Crippen molar-refractivity contribution in [1.29, 1.82) is 0 Å². The molecule has 0 spiro atoms. The van der Waals surface area contributed by atoms with Crippen molar-refractivity contribution in [3.05, 3.63) is 54.3 Å². The highest BCUT2D eigenvalue weighted by Crippen LogP contribution is 2.26. The molecule has 2 aromatic carbocycles. The number of hydrogen-bond acceptors (Lipinski definition) is 5. The Balaban J connectivity index is 1.34. The average Bonchev–Trinajstić information content (AvgIpc) is 3.23. The van der Waals surface area contributed by atoms with E-state index < -0.39 is 5.25 Å². The quantitative estimate of drug-likeness (QED) is 0.559. The molecule has 2 N–H and O–H groups in total. The summed E-state index contributed by atoms with van der Waals surface area (Å²) in [4.78, 5) is 19.3. The van der Waals surface area contributed by atoms with Crippen molar-refractivity contribution < 1.29 is 9.18 Å². The zero-order valence-electron chi connectivity index (χ0n) is 16.8. The van der Waals surface area contributed by atoms with Crippen LogP contribution in [-0.4, -0.2) is 39.4 Å². The minimum absolute atomic E-state index is 0.136. The van der Waals surface area contributed by atoms with Crippen LogP contribution in [0.15, 0.2) is 53.7 Å². The summed E-state index contributed by atoms with van der Waals surface area (Å²) in [5.41, 5.74) is 2.30. The van der Waals surface area contributed by atoms with Gasteiger partial charge in [0, 0.05) is 24.5 Å². The van der Waals surface area contributed by atoms with Crippen molar-refractivity contribution in [2.24, 2.45) is 0 Å². The van der Waals surface area contributed by atoms with Gasteiger partial charge in [0.25, 0.3) is 0 Å². The van der Waals surface area contributed by atoms with E-state index in [-0.39, 0.29) is 11.7 Å². The molecule has 0 saturated carbocycles. The first-order valence-electron chi connectivity index (χ1n) is 10.1. The standard InChI is InChI=1S/C22H24FN5OS/c1-15(30-22-25-20(26-27-22)18-7-3-4-8-19(18)23)21(29)24-16-9-11-17(12-10-16)28-13-5-2-6-14-28/h3-4,7-12,15H,2,5-6,13-14H2,1H3,(H,24,29)(H,25,26,27). The maximum atomic E-state index is 13.9. The Bertz CT molecular complexity index is 1000. The van der Waals surface area contributed by atoms with Crippen LogP contribution in [0.25, 0.3) is 11.4 Å². The molecule has 3 aromatic rings. The van der Waals surface area contributed by atoms with Crippen LogP contribution in [0.5, 0.6) is 0 Å². The number of amides is 1. The summed E-state index contributed by atoms with van der Waals surface area (Å²) in [5, 5.41) is 9.77. The SMILES string of the molecule is CC(Sc1n[nH]c(-c2ccccc2F)n1)C(=O)Nc1ccc(N2CCCCC2)cc1. The van der Waals surface area contributed by atoms with Crippen LogP contribution in [0.3, 0.4) is 0 Å². The number of H-pyrrole nitrogens is 1. The van der Waals surface area contributed by atoms with E-state index in [0.717, 1.165) is 18.8 Å². The van der Waals surface area contributed by atoms with Crippen molar-refractivity contribution in [3.8, 4) is 11.4 Å². The first kappa shape index (κ1) is 20.4. The van der Waals surface area contributed by atoms with Crippen LogP contribution in [0.1, 0.15) is 26.2 Å². The number of rotatable bonds is 6. The highest BCUT2D eigenvalue weighted by Gasteiger charge is 2.19. The van der Waals surface area contributed by atoms with Gasteiger partial charge < -0.3 is 10.2 Å². The highest BCUT2D eigenvalue weighted by molar-refractivity contribution is 8.00. The smallest absolute Gasteiger partial charge is 0.237 e. The van der Waals surface area contributed by atoms with Crippen molar-refractivity contribution in [3.63, 3.8) is 0 Å². The second-order valence-corrected chi connectivity index (χ2v) is 8.60. The lowest BCUT2D eigenvalue weighted by atomic mass is 10.1. The van der Waals surface area contributed by atoms with E-state index in [9.17, 15) is 9.18 Å². The van der Waals surface area contributed by atoms with E-state index in [0.29, 0.717) is 16.5 Å². The normalized spacial score (nSPS) is 15.1. The lowest BCUT2D eigenvalue weighted by Crippen LogP contribution is -2.29. The maximum Gasteiger partial charge on any atom is 0.237 e. The molecule has 156 valence electrons. The summed E-state index contributed by atoms with van der Waals surface area (Å²) in [5.74, 6) is -0.163. The van der Waals surface area contributed by atoms with Crippen LogP contribution in [0, 0.1) is 5.82 Å². The molecule has 1 aliphatic heterocycles. The molecule has 2 heterocycles.